The molecule has 0 saturated heterocycles. The number of hydrogen-bond acceptors (Lipinski definition) is 3. The fourth-order valence-corrected chi connectivity index (χ4v) is 3.02. The van der Waals surface area contributed by atoms with Crippen LogP contribution >= 0.6 is 0 Å². The van der Waals surface area contributed by atoms with Gasteiger partial charge in [-0.1, -0.05) is 30.3 Å². The van der Waals surface area contributed by atoms with Crippen molar-refractivity contribution in [1.82, 2.24) is 5.32 Å². The number of nitrogens with one attached hydrogen (secondary N) is 1. The second-order valence-electron chi connectivity index (χ2n) is 5.42. The summed E-state index contributed by atoms with van der Waals surface area (Å²) in [6, 6.07) is 15.1. The summed E-state index contributed by atoms with van der Waals surface area (Å²) in [4.78, 5) is 0. The summed E-state index contributed by atoms with van der Waals surface area (Å²) in [7, 11) is 3.69. The minimum Gasteiger partial charge on any atom is -0.462 e. The third kappa shape index (κ3) is 2.65. The van der Waals surface area contributed by atoms with E-state index in [2.05, 4.69) is 41.7 Å². The fourth-order valence-electron chi connectivity index (χ4n) is 3.02. The van der Waals surface area contributed by atoms with Gasteiger partial charge in [0, 0.05) is 7.11 Å². The van der Waals surface area contributed by atoms with Crippen LogP contribution < -0.4 is 5.32 Å². The second kappa shape index (κ2) is 5.81. The molecule has 1 N–H and O–H groups in total. The highest BCUT2D eigenvalue weighted by Gasteiger charge is 2.44. The van der Waals surface area contributed by atoms with Gasteiger partial charge in [-0.05, 0) is 43.0 Å². The van der Waals surface area contributed by atoms with Crippen molar-refractivity contribution in [2.24, 2.45) is 5.92 Å². The molecule has 1 heterocycles. The van der Waals surface area contributed by atoms with E-state index < -0.39 is 0 Å². The number of furan rings is 1. The monoisotopic (exact) mass is 271 g/mol. The Kier molecular flexibility index (Phi) is 3.90. The molecule has 1 aliphatic rings. The maximum absolute atomic E-state index is 5.88. The van der Waals surface area contributed by atoms with Crippen LogP contribution in [-0.2, 0) is 11.3 Å². The van der Waals surface area contributed by atoms with Gasteiger partial charge in [-0.15, -0.1) is 0 Å². The van der Waals surface area contributed by atoms with Crippen LogP contribution in [0.2, 0.25) is 0 Å². The molecule has 3 nitrogen and oxygen atoms in total. The predicted octanol–water partition coefficient (Wildman–Crippen LogP) is 3.49. The highest BCUT2D eigenvalue weighted by Crippen LogP contribution is 2.54. The summed E-state index contributed by atoms with van der Waals surface area (Å²) < 4.78 is 11.0. The van der Waals surface area contributed by atoms with E-state index in [0.29, 0.717) is 18.4 Å². The van der Waals surface area contributed by atoms with Gasteiger partial charge in [-0.3, -0.25) is 0 Å². The van der Waals surface area contributed by atoms with Crippen LogP contribution in [0, 0.1) is 5.92 Å². The van der Waals surface area contributed by atoms with Crippen molar-refractivity contribution < 1.29 is 9.15 Å². The zero-order chi connectivity index (χ0) is 13.9. The van der Waals surface area contributed by atoms with E-state index in [1.54, 1.807) is 7.11 Å². The Balaban J connectivity index is 1.72. The van der Waals surface area contributed by atoms with Gasteiger partial charge in [-0.25, -0.2) is 0 Å². The predicted molar refractivity (Wildman–Crippen MR) is 78.5 cm³/mol. The minimum absolute atomic E-state index is 0.283. The Bertz CT molecular complexity index is 549. The van der Waals surface area contributed by atoms with Crippen molar-refractivity contribution in [2.75, 3.05) is 14.2 Å². The Morgan fingerprint density at radius 3 is 2.75 bits per heavy atom. The first-order valence-electron chi connectivity index (χ1n) is 7.13. The van der Waals surface area contributed by atoms with E-state index in [4.69, 9.17) is 9.15 Å². The molecule has 106 valence electrons. The zero-order valence-electron chi connectivity index (χ0n) is 12.0. The van der Waals surface area contributed by atoms with E-state index in [1.807, 2.05) is 13.1 Å². The molecule has 1 saturated carbocycles. The molecule has 3 atom stereocenters. The lowest BCUT2D eigenvalue weighted by Gasteiger charge is -2.13. The summed E-state index contributed by atoms with van der Waals surface area (Å²) in [5, 5.41) is 3.40. The number of rotatable bonds is 6. The lowest BCUT2D eigenvalue weighted by Crippen LogP contribution is -2.18. The molecule has 1 aromatic carbocycles. The topological polar surface area (TPSA) is 34.4 Å². The van der Waals surface area contributed by atoms with E-state index >= 15 is 0 Å². The van der Waals surface area contributed by atoms with Crippen LogP contribution in [0.5, 0.6) is 0 Å². The van der Waals surface area contributed by atoms with Crippen LogP contribution in [0.1, 0.15) is 35.5 Å². The van der Waals surface area contributed by atoms with Crippen LogP contribution in [0.15, 0.2) is 46.9 Å². The Morgan fingerprint density at radius 1 is 1.25 bits per heavy atom. The number of methoxy groups -OCH3 is 1. The van der Waals surface area contributed by atoms with Crippen LogP contribution in [0.4, 0.5) is 0 Å². The molecule has 3 rings (SSSR count). The van der Waals surface area contributed by atoms with Crippen molar-refractivity contribution in [2.45, 2.75) is 25.0 Å². The molecule has 1 fully saturated rings. The van der Waals surface area contributed by atoms with Crippen LogP contribution in [0.3, 0.4) is 0 Å². The number of ether oxygens (including phenoxy) is 1. The third-order valence-corrected chi connectivity index (χ3v) is 4.08. The van der Waals surface area contributed by atoms with Gasteiger partial charge < -0.3 is 14.5 Å². The summed E-state index contributed by atoms with van der Waals surface area (Å²) in [6.45, 7) is 0.531. The smallest absolute Gasteiger partial charge is 0.129 e. The quantitative estimate of drug-likeness (QED) is 0.873. The number of hydrogen-bond donors (Lipinski definition) is 1. The molecule has 0 radical (unpaired) electrons. The Hall–Kier alpha value is -1.58. The molecular formula is C17H21NO2. The molecule has 3 unspecified atom stereocenters. The molecule has 1 aliphatic carbocycles. The van der Waals surface area contributed by atoms with Crippen molar-refractivity contribution in [3.05, 3.63) is 59.5 Å². The van der Waals surface area contributed by atoms with Crippen LogP contribution in [-0.4, -0.2) is 14.2 Å². The molecule has 20 heavy (non-hydrogen) atoms. The first-order chi connectivity index (χ1) is 9.83. The van der Waals surface area contributed by atoms with Gasteiger partial charge in [0.25, 0.3) is 0 Å². The van der Waals surface area contributed by atoms with Crippen molar-refractivity contribution in [1.29, 1.82) is 0 Å². The Labute approximate surface area is 119 Å². The summed E-state index contributed by atoms with van der Waals surface area (Å²) >= 11 is 0. The summed E-state index contributed by atoms with van der Waals surface area (Å²) in [5.41, 5.74) is 1.43. The maximum atomic E-state index is 5.88. The van der Waals surface area contributed by atoms with Crippen molar-refractivity contribution in [3.63, 3.8) is 0 Å². The van der Waals surface area contributed by atoms with Gasteiger partial charge in [0.05, 0.1) is 6.04 Å². The summed E-state index contributed by atoms with van der Waals surface area (Å²) in [5.74, 6) is 3.16. The van der Waals surface area contributed by atoms with Crippen molar-refractivity contribution >= 4 is 0 Å². The van der Waals surface area contributed by atoms with Gasteiger partial charge in [0.15, 0.2) is 0 Å². The van der Waals surface area contributed by atoms with Crippen LogP contribution in [0.25, 0.3) is 0 Å². The normalized spacial score (nSPS) is 22.7. The Morgan fingerprint density at radius 2 is 2.05 bits per heavy atom. The van der Waals surface area contributed by atoms with Gasteiger partial charge in [-0.2, -0.15) is 0 Å². The third-order valence-electron chi connectivity index (χ3n) is 4.08. The SMILES string of the molecule is CNC(c1ccc(COC)o1)C1CC1c1ccccc1. The summed E-state index contributed by atoms with van der Waals surface area (Å²) in [6.07, 6.45) is 1.22. The van der Waals surface area contributed by atoms with E-state index in [9.17, 15) is 0 Å². The first kappa shape index (κ1) is 13.4. The van der Waals surface area contributed by atoms with E-state index in [-0.39, 0.29) is 6.04 Å². The standard InChI is InChI=1S/C17H21NO2/c1-18-17(16-9-8-13(20-16)11-19-2)15-10-14(15)12-6-4-3-5-7-12/h3-9,14-15,17-18H,10-11H2,1-2H3. The molecule has 3 heteroatoms. The molecule has 0 spiro atoms. The fraction of sp³-hybridized carbons (Fsp3) is 0.412. The molecule has 2 aromatic rings. The first-order valence-corrected chi connectivity index (χ1v) is 7.13. The molecule has 0 amide bonds. The average Bonchev–Trinajstić information content (AvgIpc) is 3.13. The largest absolute Gasteiger partial charge is 0.462 e. The highest BCUT2D eigenvalue weighted by atomic mass is 16.5. The number of benzene rings is 1. The second-order valence-corrected chi connectivity index (χ2v) is 5.42. The van der Waals surface area contributed by atoms with E-state index in [0.717, 1.165) is 11.5 Å². The van der Waals surface area contributed by atoms with Gasteiger partial charge >= 0.3 is 0 Å². The molecule has 0 aliphatic heterocycles. The lowest BCUT2D eigenvalue weighted by atomic mass is 10.0. The van der Waals surface area contributed by atoms with Gasteiger partial charge in [0.2, 0.25) is 0 Å². The zero-order valence-corrected chi connectivity index (χ0v) is 12.0. The highest BCUT2D eigenvalue weighted by molar-refractivity contribution is 5.28. The molecule has 0 bridgehead atoms. The lowest BCUT2D eigenvalue weighted by molar-refractivity contribution is 0.161. The average molecular weight is 271 g/mol. The molecular weight excluding hydrogens is 250 g/mol. The molecule has 1 aromatic heterocycles. The van der Waals surface area contributed by atoms with Crippen molar-refractivity contribution in [3.8, 4) is 0 Å². The van der Waals surface area contributed by atoms with E-state index in [1.165, 1.54) is 12.0 Å². The minimum atomic E-state index is 0.283. The van der Waals surface area contributed by atoms with Gasteiger partial charge in [0.1, 0.15) is 18.1 Å². The maximum Gasteiger partial charge on any atom is 0.129 e.